The van der Waals surface area contributed by atoms with Crippen LogP contribution in [0.15, 0.2) is 5.03 Å². The Morgan fingerprint density at radius 3 is 2.71 bits per heavy atom. The van der Waals surface area contributed by atoms with Gasteiger partial charge in [-0.05, 0) is 38.5 Å². The van der Waals surface area contributed by atoms with Crippen molar-refractivity contribution in [3.05, 3.63) is 15.9 Å². The van der Waals surface area contributed by atoms with Crippen LogP contribution >= 0.6 is 24.0 Å². The lowest BCUT2D eigenvalue weighted by Crippen LogP contribution is -2.23. The van der Waals surface area contributed by atoms with Crippen molar-refractivity contribution < 1.29 is 9.66 Å². The second-order valence-electron chi connectivity index (χ2n) is 4.48. The number of ether oxygens (including phenoxy) is 1. The third-order valence-corrected chi connectivity index (χ3v) is 4.36. The zero-order valence-corrected chi connectivity index (χ0v) is 13.5. The van der Waals surface area contributed by atoms with Crippen LogP contribution in [0.5, 0.6) is 5.88 Å². The van der Waals surface area contributed by atoms with Gasteiger partial charge in [0.15, 0.2) is 5.03 Å². The SMILES string of the molecule is CCOc1nc(C)nc(SC(=S)N2CCCC2)c1[N+](=O)[O-]. The van der Waals surface area contributed by atoms with Crippen LogP contribution in [-0.2, 0) is 0 Å². The molecule has 1 aliphatic rings. The molecule has 0 radical (unpaired) electrons. The summed E-state index contributed by atoms with van der Waals surface area (Å²) < 4.78 is 5.87. The van der Waals surface area contributed by atoms with E-state index in [-0.39, 0.29) is 16.6 Å². The molecular weight excluding hydrogens is 312 g/mol. The summed E-state index contributed by atoms with van der Waals surface area (Å²) in [5, 5.41) is 11.6. The number of aryl methyl sites for hydroxylation is 1. The molecule has 2 heterocycles. The summed E-state index contributed by atoms with van der Waals surface area (Å²) >= 11 is 6.49. The molecule has 0 spiro atoms. The zero-order chi connectivity index (χ0) is 15.4. The molecule has 1 saturated heterocycles. The number of nitrogens with zero attached hydrogens (tertiary/aromatic N) is 4. The van der Waals surface area contributed by atoms with E-state index in [1.165, 1.54) is 0 Å². The van der Waals surface area contributed by atoms with E-state index < -0.39 is 4.92 Å². The molecule has 114 valence electrons. The number of thiocarbonyl (C=S) groups is 1. The number of hydrogen-bond acceptors (Lipinski definition) is 7. The third-order valence-electron chi connectivity index (χ3n) is 2.94. The lowest BCUT2D eigenvalue weighted by molar-refractivity contribution is -0.389. The molecule has 0 N–H and O–H groups in total. The lowest BCUT2D eigenvalue weighted by atomic mass is 10.4. The minimum Gasteiger partial charge on any atom is -0.473 e. The van der Waals surface area contributed by atoms with Crippen LogP contribution in [0.2, 0.25) is 0 Å². The van der Waals surface area contributed by atoms with Gasteiger partial charge >= 0.3 is 5.69 Å². The van der Waals surface area contributed by atoms with E-state index in [2.05, 4.69) is 9.97 Å². The van der Waals surface area contributed by atoms with E-state index in [0.717, 1.165) is 37.7 Å². The molecule has 0 aromatic carbocycles. The molecule has 7 nitrogen and oxygen atoms in total. The van der Waals surface area contributed by atoms with Gasteiger partial charge in [-0.15, -0.1) is 0 Å². The zero-order valence-electron chi connectivity index (χ0n) is 11.9. The van der Waals surface area contributed by atoms with E-state index in [0.29, 0.717) is 16.8 Å². The molecule has 2 rings (SSSR count). The molecule has 1 aromatic heterocycles. The van der Waals surface area contributed by atoms with Crippen LogP contribution in [-0.4, -0.2) is 43.8 Å². The maximum absolute atomic E-state index is 11.3. The summed E-state index contributed by atoms with van der Waals surface area (Å²) in [5.41, 5.74) is -0.214. The maximum atomic E-state index is 11.3. The molecule has 0 atom stereocenters. The Balaban J connectivity index is 2.32. The molecule has 0 bridgehead atoms. The van der Waals surface area contributed by atoms with Gasteiger partial charge in [0.25, 0.3) is 5.88 Å². The molecule has 21 heavy (non-hydrogen) atoms. The van der Waals surface area contributed by atoms with Gasteiger partial charge in [-0.1, -0.05) is 12.2 Å². The number of hydrogen-bond donors (Lipinski definition) is 0. The highest BCUT2D eigenvalue weighted by molar-refractivity contribution is 8.22. The molecular formula is C12H16N4O3S2. The Bertz CT molecular complexity index is 562. The van der Waals surface area contributed by atoms with E-state index in [4.69, 9.17) is 17.0 Å². The molecule has 9 heteroatoms. The minimum absolute atomic E-state index is 0.00159. The second-order valence-corrected chi connectivity index (χ2v) is 6.10. The summed E-state index contributed by atoms with van der Waals surface area (Å²) in [4.78, 5) is 21.0. The first-order valence-electron chi connectivity index (χ1n) is 6.65. The van der Waals surface area contributed by atoms with E-state index >= 15 is 0 Å². The molecule has 0 unspecified atom stereocenters. The van der Waals surface area contributed by atoms with Crippen molar-refractivity contribution >= 4 is 34.0 Å². The van der Waals surface area contributed by atoms with Crippen LogP contribution in [0.4, 0.5) is 5.69 Å². The Labute approximate surface area is 132 Å². The fourth-order valence-electron chi connectivity index (χ4n) is 2.03. The van der Waals surface area contributed by atoms with Gasteiger partial charge in [0, 0.05) is 13.1 Å². The van der Waals surface area contributed by atoms with Crippen LogP contribution in [0.1, 0.15) is 25.6 Å². The van der Waals surface area contributed by atoms with Crippen molar-refractivity contribution in [3.63, 3.8) is 0 Å². The second kappa shape index (κ2) is 6.99. The van der Waals surface area contributed by atoms with Gasteiger partial charge in [-0.25, -0.2) is 4.98 Å². The molecule has 0 aliphatic carbocycles. The van der Waals surface area contributed by atoms with Crippen LogP contribution in [0.3, 0.4) is 0 Å². The molecule has 1 aliphatic heterocycles. The van der Waals surface area contributed by atoms with Gasteiger partial charge in [0.05, 0.1) is 11.5 Å². The van der Waals surface area contributed by atoms with Crippen LogP contribution < -0.4 is 4.74 Å². The van der Waals surface area contributed by atoms with Gasteiger partial charge in [0.2, 0.25) is 0 Å². The highest BCUT2D eigenvalue weighted by Gasteiger charge is 2.28. The third kappa shape index (κ3) is 3.79. The predicted molar refractivity (Wildman–Crippen MR) is 83.9 cm³/mol. The summed E-state index contributed by atoms with van der Waals surface area (Å²) in [6, 6.07) is 0. The first-order valence-corrected chi connectivity index (χ1v) is 7.88. The van der Waals surface area contributed by atoms with Crippen molar-refractivity contribution in [2.75, 3.05) is 19.7 Å². The summed E-state index contributed by atoms with van der Waals surface area (Å²) in [6.07, 6.45) is 2.19. The van der Waals surface area contributed by atoms with Crippen molar-refractivity contribution in [2.24, 2.45) is 0 Å². The number of aromatic nitrogens is 2. The van der Waals surface area contributed by atoms with Crippen molar-refractivity contribution in [1.29, 1.82) is 0 Å². The summed E-state index contributed by atoms with van der Waals surface area (Å²) in [7, 11) is 0. The van der Waals surface area contributed by atoms with E-state index in [1.54, 1.807) is 13.8 Å². The summed E-state index contributed by atoms with van der Waals surface area (Å²) in [6.45, 7) is 5.51. The molecule has 1 fully saturated rings. The number of nitro groups is 1. The minimum atomic E-state index is -0.515. The van der Waals surface area contributed by atoms with Crippen molar-refractivity contribution in [2.45, 2.75) is 31.7 Å². The fourth-order valence-corrected chi connectivity index (χ4v) is 3.36. The van der Waals surface area contributed by atoms with Gasteiger partial charge < -0.3 is 9.64 Å². The molecule has 1 aromatic rings. The topological polar surface area (TPSA) is 81.4 Å². The van der Waals surface area contributed by atoms with Crippen molar-refractivity contribution in [1.82, 2.24) is 14.9 Å². The van der Waals surface area contributed by atoms with E-state index in [9.17, 15) is 10.1 Å². The quantitative estimate of drug-likeness (QED) is 0.274. The average Bonchev–Trinajstić information content (AvgIpc) is 2.91. The Morgan fingerprint density at radius 1 is 1.48 bits per heavy atom. The summed E-state index contributed by atoms with van der Waals surface area (Å²) in [5.74, 6) is 0.428. The standard InChI is InChI=1S/C12H16N4O3S2/c1-3-19-10-9(16(17)18)11(14-8(2)13-10)21-12(20)15-6-4-5-7-15/h3-7H2,1-2H3. The Kier molecular flexibility index (Phi) is 5.29. The van der Waals surface area contributed by atoms with Gasteiger partial charge in [-0.3, -0.25) is 10.1 Å². The number of likely N-dealkylation sites (tertiary alicyclic amines) is 1. The average molecular weight is 328 g/mol. The first-order chi connectivity index (χ1) is 10.0. The largest absolute Gasteiger partial charge is 0.473 e. The van der Waals surface area contributed by atoms with Crippen LogP contribution in [0, 0.1) is 17.0 Å². The van der Waals surface area contributed by atoms with Crippen molar-refractivity contribution in [3.8, 4) is 5.88 Å². The lowest BCUT2D eigenvalue weighted by Gasteiger charge is -2.17. The molecule has 0 amide bonds. The Morgan fingerprint density at radius 2 is 2.14 bits per heavy atom. The number of rotatable bonds is 4. The first kappa shape index (κ1) is 15.9. The fraction of sp³-hybridized carbons (Fsp3) is 0.583. The number of thioether (sulfide) groups is 1. The highest BCUT2D eigenvalue weighted by Crippen LogP contribution is 2.36. The smallest absolute Gasteiger partial charge is 0.363 e. The molecule has 0 saturated carbocycles. The van der Waals surface area contributed by atoms with Crippen LogP contribution in [0.25, 0.3) is 0 Å². The van der Waals surface area contributed by atoms with E-state index in [1.807, 2.05) is 4.90 Å². The highest BCUT2D eigenvalue weighted by atomic mass is 32.2. The van der Waals surface area contributed by atoms with Gasteiger partial charge in [0.1, 0.15) is 10.1 Å². The monoisotopic (exact) mass is 328 g/mol. The Hall–Kier alpha value is -1.48. The predicted octanol–water partition coefficient (Wildman–Crippen LogP) is 2.56. The normalized spacial score (nSPS) is 14.3. The maximum Gasteiger partial charge on any atom is 0.363 e. The van der Waals surface area contributed by atoms with Gasteiger partial charge in [-0.2, -0.15) is 4.98 Å².